The standard InChI is InChI=1S/C17H18N2O5/c1-23-16(21)13-7-5-12(6-8-13)14(19-9-3-4-10-19)11-18-15(20)17(22)24-2/h3-10,14H,11H2,1-2H3,(H,18,20). The van der Waals surface area contributed by atoms with Gasteiger partial charge in [0.2, 0.25) is 0 Å². The molecule has 1 atom stereocenters. The molecular formula is C17H18N2O5. The van der Waals surface area contributed by atoms with Crippen LogP contribution in [-0.2, 0) is 19.1 Å². The number of carbonyl (C=O) groups excluding carboxylic acids is 3. The highest BCUT2D eigenvalue weighted by Gasteiger charge is 2.18. The van der Waals surface area contributed by atoms with E-state index in [4.69, 9.17) is 0 Å². The molecule has 1 amide bonds. The first kappa shape index (κ1) is 17.3. The van der Waals surface area contributed by atoms with Crippen molar-refractivity contribution in [2.24, 2.45) is 0 Å². The average Bonchev–Trinajstić information content (AvgIpc) is 3.15. The van der Waals surface area contributed by atoms with Gasteiger partial charge in [-0.1, -0.05) is 12.1 Å². The minimum atomic E-state index is -0.942. The molecule has 1 unspecified atom stereocenters. The van der Waals surface area contributed by atoms with Gasteiger partial charge in [0.25, 0.3) is 0 Å². The molecular weight excluding hydrogens is 312 g/mol. The largest absolute Gasteiger partial charge is 0.465 e. The van der Waals surface area contributed by atoms with Gasteiger partial charge < -0.3 is 19.4 Å². The lowest BCUT2D eigenvalue weighted by molar-refractivity contribution is -0.152. The van der Waals surface area contributed by atoms with E-state index in [0.29, 0.717) is 5.56 Å². The van der Waals surface area contributed by atoms with Gasteiger partial charge in [-0.3, -0.25) is 4.79 Å². The Morgan fingerprint density at radius 3 is 2.21 bits per heavy atom. The maximum atomic E-state index is 11.6. The highest BCUT2D eigenvalue weighted by molar-refractivity contribution is 6.32. The fourth-order valence-electron chi connectivity index (χ4n) is 2.26. The molecule has 1 N–H and O–H groups in total. The lowest BCUT2D eigenvalue weighted by atomic mass is 10.0. The molecule has 0 saturated heterocycles. The van der Waals surface area contributed by atoms with Crippen molar-refractivity contribution in [1.82, 2.24) is 9.88 Å². The molecule has 1 heterocycles. The number of nitrogens with one attached hydrogen (secondary N) is 1. The van der Waals surface area contributed by atoms with E-state index in [9.17, 15) is 14.4 Å². The van der Waals surface area contributed by atoms with E-state index < -0.39 is 17.8 Å². The van der Waals surface area contributed by atoms with Crippen molar-refractivity contribution in [1.29, 1.82) is 0 Å². The molecule has 0 radical (unpaired) electrons. The minimum Gasteiger partial charge on any atom is -0.465 e. The second-order valence-electron chi connectivity index (χ2n) is 4.96. The van der Waals surface area contributed by atoms with Gasteiger partial charge in [-0.15, -0.1) is 0 Å². The number of carbonyl (C=O) groups is 3. The van der Waals surface area contributed by atoms with Crippen molar-refractivity contribution >= 4 is 17.8 Å². The highest BCUT2D eigenvalue weighted by Crippen LogP contribution is 2.19. The molecule has 24 heavy (non-hydrogen) atoms. The second kappa shape index (κ2) is 7.96. The monoisotopic (exact) mass is 330 g/mol. The Hall–Kier alpha value is -3.09. The maximum Gasteiger partial charge on any atom is 0.396 e. The zero-order valence-corrected chi connectivity index (χ0v) is 13.4. The van der Waals surface area contributed by atoms with Crippen LogP contribution in [0.5, 0.6) is 0 Å². The van der Waals surface area contributed by atoms with Gasteiger partial charge in [0.05, 0.1) is 25.8 Å². The van der Waals surface area contributed by atoms with E-state index in [-0.39, 0.29) is 12.6 Å². The smallest absolute Gasteiger partial charge is 0.396 e. The van der Waals surface area contributed by atoms with Crippen LogP contribution < -0.4 is 5.32 Å². The SMILES string of the molecule is COC(=O)C(=O)NCC(c1ccc(C(=O)OC)cc1)n1cccc1. The summed E-state index contributed by atoms with van der Waals surface area (Å²) in [6.07, 6.45) is 3.70. The van der Waals surface area contributed by atoms with Gasteiger partial charge in [-0.2, -0.15) is 0 Å². The fraction of sp³-hybridized carbons (Fsp3) is 0.235. The average molecular weight is 330 g/mol. The number of methoxy groups -OCH3 is 2. The summed E-state index contributed by atoms with van der Waals surface area (Å²) >= 11 is 0. The van der Waals surface area contributed by atoms with E-state index in [2.05, 4.69) is 14.8 Å². The molecule has 0 aliphatic rings. The van der Waals surface area contributed by atoms with Gasteiger partial charge in [-0.05, 0) is 29.8 Å². The topological polar surface area (TPSA) is 86.6 Å². The molecule has 1 aromatic heterocycles. The summed E-state index contributed by atoms with van der Waals surface area (Å²) in [5, 5.41) is 2.54. The molecule has 0 fully saturated rings. The fourth-order valence-corrected chi connectivity index (χ4v) is 2.26. The van der Waals surface area contributed by atoms with Crippen LogP contribution in [0.25, 0.3) is 0 Å². The number of ether oxygens (including phenoxy) is 2. The molecule has 1 aromatic carbocycles. The van der Waals surface area contributed by atoms with E-state index in [1.54, 1.807) is 24.3 Å². The van der Waals surface area contributed by atoms with Crippen molar-refractivity contribution in [3.63, 3.8) is 0 Å². The Balaban J connectivity index is 2.19. The predicted octanol–water partition coefficient (Wildman–Crippen LogP) is 1.15. The Morgan fingerprint density at radius 1 is 1.04 bits per heavy atom. The van der Waals surface area contributed by atoms with Crippen molar-refractivity contribution in [3.05, 3.63) is 59.9 Å². The van der Waals surface area contributed by atoms with Crippen molar-refractivity contribution in [2.45, 2.75) is 6.04 Å². The Bertz CT molecular complexity index is 707. The van der Waals surface area contributed by atoms with E-state index >= 15 is 0 Å². The molecule has 0 bridgehead atoms. The van der Waals surface area contributed by atoms with Crippen LogP contribution in [-0.4, -0.2) is 43.2 Å². The molecule has 7 nitrogen and oxygen atoms in total. The van der Waals surface area contributed by atoms with E-state index in [1.807, 2.05) is 29.1 Å². The molecule has 7 heteroatoms. The minimum absolute atomic E-state index is 0.195. The van der Waals surface area contributed by atoms with Crippen LogP contribution in [0.1, 0.15) is 22.0 Å². The number of hydrogen-bond acceptors (Lipinski definition) is 5. The summed E-state index contributed by atoms with van der Waals surface area (Å²) in [6.45, 7) is 0.195. The predicted molar refractivity (Wildman–Crippen MR) is 85.4 cm³/mol. The lowest BCUT2D eigenvalue weighted by Crippen LogP contribution is -2.36. The Morgan fingerprint density at radius 2 is 1.67 bits per heavy atom. The normalized spacial score (nSPS) is 11.4. The van der Waals surface area contributed by atoms with Crippen LogP contribution >= 0.6 is 0 Å². The van der Waals surface area contributed by atoms with Gasteiger partial charge in [0.15, 0.2) is 0 Å². The first-order chi connectivity index (χ1) is 11.6. The molecule has 0 aliphatic carbocycles. The van der Waals surface area contributed by atoms with Crippen LogP contribution in [0.4, 0.5) is 0 Å². The lowest BCUT2D eigenvalue weighted by Gasteiger charge is -2.20. The molecule has 2 rings (SSSR count). The highest BCUT2D eigenvalue weighted by atomic mass is 16.5. The molecule has 0 aliphatic heterocycles. The summed E-state index contributed by atoms with van der Waals surface area (Å²) in [6, 6.07) is 10.3. The van der Waals surface area contributed by atoms with Crippen molar-refractivity contribution < 1.29 is 23.9 Å². The zero-order valence-electron chi connectivity index (χ0n) is 13.4. The number of aromatic nitrogens is 1. The summed E-state index contributed by atoms with van der Waals surface area (Å²) in [5.41, 5.74) is 1.30. The van der Waals surface area contributed by atoms with Gasteiger partial charge in [-0.25, -0.2) is 9.59 Å². The third-order valence-corrected chi connectivity index (χ3v) is 3.53. The van der Waals surface area contributed by atoms with Crippen LogP contribution in [0.2, 0.25) is 0 Å². The molecule has 126 valence electrons. The number of nitrogens with zero attached hydrogens (tertiary/aromatic N) is 1. The molecule has 0 saturated carbocycles. The molecule has 2 aromatic rings. The van der Waals surface area contributed by atoms with Gasteiger partial charge >= 0.3 is 17.8 Å². The number of rotatable bonds is 5. The quantitative estimate of drug-likeness (QED) is 0.656. The third-order valence-electron chi connectivity index (χ3n) is 3.53. The second-order valence-corrected chi connectivity index (χ2v) is 4.96. The van der Waals surface area contributed by atoms with Gasteiger partial charge in [0.1, 0.15) is 0 Å². The van der Waals surface area contributed by atoms with Crippen molar-refractivity contribution in [3.8, 4) is 0 Å². The van der Waals surface area contributed by atoms with Crippen LogP contribution in [0.15, 0.2) is 48.8 Å². The number of benzene rings is 1. The summed E-state index contributed by atoms with van der Waals surface area (Å²) < 4.78 is 11.0. The van der Waals surface area contributed by atoms with Crippen molar-refractivity contribution in [2.75, 3.05) is 20.8 Å². The van der Waals surface area contributed by atoms with Crippen LogP contribution in [0.3, 0.4) is 0 Å². The van der Waals surface area contributed by atoms with Gasteiger partial charge in [0, 0.05) is 18.9 Å². The molecule has 0 spiro atoms. The Kier molecular flexibility index (Phi) is 5.73. The first-order valence-electron chi connectivity index (χ1n) is 7.23. The number of amides is 1. The summed E-state index contributed by atoms with van der Waals surface area (Å²) in [4.78, 5) is 34.3. The summed E-state index contributed by atoms with van der Waals surface area (Å²) in [7, 11) is 2.47. The third kappa shape index (κ3) is 4.01. The maximum absolute atomic E-state index is 11.6. The first-order valence-corrected chi connectivity index (χ1v) is 7.23. The van der Waals surface area contributed by atoms with E-state index in [0.717, 1.165) is 12.7 Å². The Labute approximate surface area is 139 Å². The summed E-state index contributed by atoms with van der Waals surface area (Å²) in [5.74, 6) is -2.17. The zero-order chi connectivity index (χ0) is 17.5. The number of hydrogen-bond donors (Lipinski definition) is 1. The number of esters is 2. The van der Waals surface area contributed by atoms with Crippen LogP contribution in [0, 0.1) is 0 Å². The van der Waals surface area contributed by atoms with E-state index in [1.165, 1.54) is 7.11 Å².